The van der Waals surface area contributed by atoms with Crippen molar-refractivity contribution in [3.05, 3.63) is 87.4 Å². The topological polar surface area (TPSA) is 76.0 Å². The number of aromatic nitrogens is 2. The Labute approximate surface area is 196 Å². The molecule has 1 atom stereocenters. The van der Waals surface area contributed by atoms with E-state index in [1.54, 1.807) is 11.3 Å². The Balaban J connectivity index is 1.32. The molecule has 2 aromatic carbocycles. The lowest BCUT2D eigenvalue weighted by Gasteiger charge is -2.19. The molecule has 6 nitrogen and oxygen atoms in total. The number of para-hydroxylation sites is 2. The molecule has 2 heterocycles. The largest absolute Gasteiger partial charge is 0.342 e. The lowest BCUT2D eigenvalue weighted by molar-refractivity contribution is -0.120. The highest BCUT2D eigenvalue weighted by atomic mass is 32.1. The normalized spacial score (nSPS) is 14.0. The summed E-state index contributed by atoms with van der Waals surface area (Å²) in [5.41, 5.74) is 4.09. The van der Waals surface area contributed by atoms with Gasteiger partial charge in [0.1, 0.15) is 11.9 Å². The first-order valence-corrected chi connectivity index (χ1v) is 12.1. The molecule has 0 aliphatic heterocycles. The average Bonchev–Trinajstić information content (AvgIpc) is 3.43. The second-order valence-electron chi connectivity index (χ2n) is 8.38. The third-order valence-electron chi connectivity index (χ3n) is 6.15. The molecule has 33 heavy (non-hydrogen) atoms. The molecular weight excluding hydrogens is 432 g/mol. The minimum Gasteiger partial charge on any atom is -0.342 e. The van der Waals surface area contributed by atoms with Crippen LogP contribution in [-0.4, -0.2) is 27.9 Å². The Morgan fingerprint density at radius 2 is 1.82 bits per heavy atom. The molecule has 2 aromatic heterocycles. The Bertz CT molecular complexity index is 1290. The van der Waals surface area contributed by atoms with Gasteiger partial charge >= 0.3 is 0 Å². The number of thiophene rings is 1. The molecule has 2 amide bonds. The van der Waals surface area contributed by atoms with Gasteiger partial charge in [0.25, 0.3) is 5.91 Å². The Morgan fingerprint density at radius 3 is 2.61 bits per heavy atom. The van der Waals surface area contributed by atoms with E-state index in [4.69, 9.17) is 4.98 Å². The summed E-state index contributed by atoms with van der Waals surface area (Å²) in [6.45, 7) is -0.0886. The summed E-state index contributed by atoms with van der Waals surface area (Å²) in [4.78, 5) is 32.3. The molecule has 2 N–H and O–H groups in total. The van der Waals surface area contributed by atoms with Gasteiger partial charge in [0, 0.05) is 11.9 Å². The summed E-state index contributed by atoms with van der Waals surface area (Å²) in [5, 5.41) is 5.86. The van der Waals surface area contributed by atoms with Gasteiger partial charge in [-0.2, -0.15) is 0 Å². The molecule has 0 fully saturated rings. The monoisotopic (exact) mass is 458 g/mol. The highest BCUT2D eigenvalue weighted by Gasteiger charge is 2.23. The van der Waals surface area contributed by atoms with E-state index in [-0.39, 0.29) is 18.4 Å². The molecule has 5 rings (SSSR count). The van der Waals surface area contributed by atoms with Crippen LogP contribution in [0.4, 0.5) is 0 Å². The zero-order valence-corrected chi connectivity index (χ0v) is 19.3. The first kappa shape index (κ1) is 21.4. The van der Waals surface area contributed by atoms with Gasteiger partial charge in [-0.3, -0.25) is 9.59 Å². The number of nitrogens with one attached hydrogen (secondary N) is 2. The first-order chi connectivity index (χ1) is 16.1. The molecule has 1 aliphatic carbocycles. The summed E-state index contributed by atoms with van der Waals surface area (Å²) >= 11 is 1.55. The van der Waals surface area contributed by atoms with Crippen molar-refractivity contribution in [2.24, 2.45) is 7.05 Å². The Kier molecular flexibility index (Phi) is 5.96. The smallest absolute Gasteiger partial charge is 0.261 e. The predicted molar refractivity (Wildman–Crippen MR) is 130 cm³/mol. The highest BCUT2D eigenvalue weighted by Crippen LogP contribution is 2.29. The third kappa shape index (κ3) is 4.41. The van der Waals surface area contributed by atoms with Crippen molar-refractivity contribution in [1.82, 2.24) is 20.2 Å². The third-order valence-corrected chi connectivity index (χ3v) is 7.38. The molecule has 0 saturated carbocycles. The van der Waals surface area contributed by atoms with Crippen LogP contribution in [0.1, 0.15) is 50.4 Å². The molecule has 0 spiro atoms. The molecule has 0 bridgehead atoms. The van der Waals surface area contributed by atoms with Crippen LogP contribution in [0.5, 0.6) is 0 Å². The molecule has 0 saturated heterocycles. The van der Waals surface area contributed by atoms with E-state index in [1.165, 1.54) is 23.3 Å². The van der Waals surface area contributed by atoms with Gasteiger partial charge in [-0.15, -0.1) is 11.3 Å². The minimum atomic E-state index is -0.429. The zero-order valence-electron chi connectivity index (χ0n) is 18.5. The summed E-state index contributed by atoms with van der Waals surface area (Å²) in [5.74, 6) is 0.294. The highest BCUT2D eigenvalue weighted by molar-refractivity contribution is 7.14. The van der Waals surface area contributed by atoms with Crippen molar-refractivity contribution in [2.75, 3.05) is 6.54 Å². The second-order valence-corrected chi connectivity index (χ2v) is 9.51. The minimum absolute atomic E-state index is 0.0886. The molecule has 0 radical (unpaired) electrons. The molecule has 4 aromatic rings. The van der Waals surface area contributed by atoms with Crippen molar-refractivity contribution in [3.8, 4) is 0 Å². The number of nitrogens with zero attached hydrogens (tertiary/aromatic N) is 2. The van der Waals surface area contributed by atoms with Crippen LogP contribution in [0.3, 0.4) is 0 Å². The van der Waals surface area contributed by atoms with Crippen molar-refractivity contribution in [1.29, 1.82) is 0 Å². The Hall–Kier alpha value is -3.45. The van der Waals surface area contributed by atoms with E-state index in [9.17, 15) is 9.59 Å². The number of aryl methyl sites for hydroxylation is 3. The average molecular weight is 459 g/mol. The zero-order chi connectivity index (χ0) is 22.8. The van der Waals surface area contributed by atoms with Crippen LogP contribution < -0.4 is 10.6 Å². The maximum atomic E-state index is 12.9. The molecule has 7 heteroatoms. The van der Waals surface area contributed by atoms with Gasteiger partial charge in [0.2, 0.25) is 5.91 Å². The van der Waals surface area contributed by atoms with Crippen LogP contribution in [-0.2, 0) is 24.7 Å². The van der Waals surface area contributed by atoms with Crippen molar-refractivity contribution in [2.45, 2.75) is 31.7 Å². The SMILES string of the molecule is Cn1c(C(NC(=O)CNC(=O)c2cc3c(s2)CCCC3)c2ccccc2)nc2ccccc21. The summed E-state index contributed by atoms with van der Waals surface area (Å²) < 4.78 is 2.00. The number of carbonyl (C=O) groups is 2. The van der Waals surface area contributed by atoms with Gasteiger partial charge in [0.15, 0.2) is 0 Å². The van der Waals surface area contributed by atoms with E-state index in [0.717, 1.165) is 35.3 Å². The van der Waals surface area contributed by atoms with Crippen LogP contribution in [0.15, 0.2) is 60.7 Å². The number of carbonyl (C=O) groups excluding carboxylic acids is 2. The lowest BCUT2D eigenvalue weighted by Crippen LogP contribution is -2.39. The first-order valence-electron chi connectivity index (χ1n) is 11.3. The van der Waals surface area contributed by atoms with E-state index in [1.807, 2.05) is 72.3 Å². The number of hydrogen-bond acceptors (Lipinski definition) is 4. The van der Waals surface area contributed by atoms with Crippen LogP contribution >= 0.6 is 11.3 Å². The van der Waals surface area contributed by atoms with Crippen LogP contribution in [0, 0.1) is 0 Å². The molecule has 1 aliphatic rings. The van der Waals surface area contributed by atoms with E-state index < -0.39 is 6.04 Å². The predicted octanol–water partition coefficient (Wildman–Crippen LogP) is 4.15. The maximum absolute atomic E-state index is 12.9. The number of hydrogen-bond donors (Lipinski definition) is 2. The van der Waals surface area contributed by atoms with Gasteiger partial charge in [-0.05, 0) is 55.0 Å². The van der Waals surface area contributed by atoms with Crippen molar-refractivity contribution < 1.29 is 9.59 Å². The quantitative estimate of drug-likeness (QED) is 0.456. The van der Waals surface area contributed by atoms with Crippen LogP contribution in [0.25, 0.3) is 11.0 Å². The molecule has 168 valence electrons. The van der Waals surface area contributed by atoms with E-state index in [2.05, 4.69) is 10.6 Å². The summed E-state index contributed by atoms with van der Waals surface area (Å²) in [6, 6.07) is 19.2. The number of fused-ring (bicyclic) bond motifs is 2. The maximum Gasteiger partial charge on any atom is 0.261 e. The van der Waals surface area contributed by atoms with Gasteiger partial charge in [0.05, 0.1) is 22.5 Å². The number of imidazole rings is 1. The standard InChI is InChI=1S/C26H26N4O2S/c1-30-20-13-7-6-12-19(20)28-25(30)24(17-9-3-2-4-10-17)29-23(31)16-27-26(32)22-15-18-11-5-8-14-21(18)33-22/h2-4,6-7,9-10,12-13,15,24H,5,8,11,14,16H2,1H3,(H,27,32)(H,29,31). The Morgan fingerprint density at radius 1 is 1.06 bits per heavy atom. The second kappa shape index (κ2) is 9.19. The molecular formula is C26H26N4O2S. The summed E-state index contributed by atoms with van der Waals surface area (Å²) in [6.07, 6.45) is 4.44. The number of rotatable bonds is 6. The fraction of sp³-hybridized carbons (Fsp3) is 0.269. The number of benzene rings is 2. The fourth-order valence-electron chi connectivity index (χ4n) is 4.43. The van der Waals surface area contributed by atoms with Gasteiger partial charge < -0.3 is 15.2 Å². The van der Waals surface area contributed by atoms with Gasteiger partial charge in [-0.1, -0.05) is 42.5 Å². The fourth-order valence-corrected chi connectivity index (χ4v) is 5.60. The molecule has 1 unspecified atom stereocenters. The van der Waals surface area contributed by atoms with Crippen molar-refractivity contribution in [3.63, 3.8) is 0 Å². The van der Waals surface area contributed by atoms with E-state index >= 15 is 0 Å². The lowest BCUT2D eigenvalue weighted by atomic mass is 9.99. The van der Waals surface area contributed by atoms with Crippen molar-refractivity contribution >= 4 is 34.2 Å². The van der Waals surface area contributed by atoms with Crippen LogP contribution in [0.2, 0.25) is 0 Å². The number of amides is 2. The summed E-state index contributed by atoms with van der Waals surface area (Å²) in [7, 11) is 1.95. The van der Waals surface area contributed by atoms with E-state index in [0.29, 0.717) is 4.88 Å². The van der Waals surface area contributed by atoms with Gasteiger partial charge in [-0.25, -0.2) is 4.98 Å².